The monoisotopic (exact) mass is 275 g/mol. The lowest BCUT2D eigenvalue weighted by molar-refractivity contribution is -0.929. The van der Waals surface area contributed by atoms with Crippen LogP contribution in [0.4, 0.5) is 0 Å². The van der Waals surface area contributed by atoms with Crippen LogP contribution in [0.15, 0.2) is 30.3 Å². The Balaban J connectivity index is 1.83. The van der Waals surface area contributed by atoms with Gasteiger partial charge in [0.15, 0.2) is 0 Å². The summed E-state index contributed by atoms with van der Waals surface area (Å²) in [4.78, 5) is 16.0. The van der Waals surface area contributed by atoms with Crippen molar-refractivity contribution in [3.63, 3.8) is 0 Å². The first kappa shape index (κ1) is 15.0. The Hall–Kier alpha value is -1.35. The molecule has 1 aromatic carbocycles. The minimum Gasteiger partial charge on any atom is -0.331 e. The summed E-state index contributed by atoms with van der Waals surface area (Å²) in [5.74, 6) is 0.278. The van der Waals surface area contributed by atoms with Gasteiger partial charge >= 0.3 is 0 Å². The lowest BCUT2D eigenvalue weighted by atomic mass is 10.1. The molecule has 20 heavy (non-hydrogen) atoms. The smallest absolute Gasteiger partial charge is 0.227 e. The summed E-state index contributed by atoms with van der Waals surface area (Å²) < 4.78 is 0. The van der Waals surface area contributed by atoms with Gasteiger partial charge in [0.1, 0.15) is 0 Å². The Labute approximate surface area is 122 Å². The van der Waals surface area contributed by atoms with Crippen LogP contribution in [0, 0.1) is 0 Å². The molecule has 0 spiro atoms. The summed E-state index contributed by atoms with van der Waals surface area (Å²) in [5, 5.41) is 0. The highest BCUT2D eigenvalue weighted by Gasteiger charge is 2.27. The number of nitrogens with one attached hydrogen (secondary N) is 1. The first-order chi connectivity index (χ1) is 9.74. The summed E-state index contributed by atoms with van der Waals surface area (Å²) in [6.45, 7) is 8.58. The fraction of sp³-hybridized carbons (Fsp3) is 0.588. The highest BCUT2D eigenvalue weighted by Crippen LogP contribution is 2.04. The zero-order chi connectivity index (χ0) is 14.4. The third kappa shape index (κ3) is 3.83. The maximum atomic E-state index is 12.3. The van der Waals surface area contributed by atoms with Gasteiger partial charge in [-0.25, -0.2) is 0 Å². The van der Waals surface area contributed by atoms with Gasteiger partial charge in [-0.1, -0.05) is 44.2 Å². The van der Waals surface area contributed by atoms with E-state index in [2.05, 4.69) is 13.8 Å². The predicted molar refractivity (Wildman–Crippen MR) is 81.8 cm³/mol. The van der Waals surface area contributed by atoms with E-state index >= 15 is 0 Å². The van der Waals surface area contributed by atoms with Crippen molar-refractivity contribution in [3.05, 3.63) is 35.9 Å². The van der Waals surface area contributed by atoms with Crippen LogP contribution in [0.1, 0.15) is 32.3 Å². The van der Waals surface area contributed by atoms with Gasteiger partial charge in [-0.3, -0.25) is 4.79 Å². The zero-order valence-corrected chi connectivity index (χ0v) is 12.8. The maximum absolute atomic E-state index is 12.3. The molecular formula is C17H27N2O+. The fourth-order valence-electron chi connectivity index (χ4n) is 3.20. The zero-order valence-electron chi connectivity index (χ0n) is 12.8. The minimum atomic E-state index is 0.278. The molecule has 1 saturated heterocycles. The average Bonchev–Trinajstić information content (AvgIpc) is 2.50. The van der Waals surface area contributed by atoms with E-state index in [1.807, 2.05) is 35.2 Å². The number of nitrogens with zero attached hydrogens (tertiary/aromatic N) is 1. The number of hydrogen-bond acceptors (Lipinski definition) is 1. The van der Waals surface area contributed by atoms with E-state index in [1.54, 1.807) is 4.90 Å². The molecule has 0 bridgehead atoms. The third-order valence-electron chi connectivity index (χ3n) is 4.52. The number of amides is 1. The largest absolute Gasteiger partial charge is 0.331 e. The minimum absolute atomic E-state index is 0.278. The van der Waals surface area contributed by atoms with Gasteiger partial charge in [-0.15, -0.1) is 0 Å². The first-order valence-electron chi connectivity index (χ1n) is 7.90. The molecule has 1 aliphatic rings. The Kier molecular flexibility index (Phi) is 5.60. The molecule has 1 fully saturated rings. The lowest BCUT2D eigenvalue weighted by Crippen LogP contribution is -3.18. The van der Waals surface area contributed by atoms with Crippen LogP contribution in [-0.4, -0.2) is 43.0 Å². The molecule has 0 aliphatic carbocycles. The van der Waals surface area contributed by atoms with Crippen molar-refractivity contribution in [2.24, 2.45) is 0 Å². The third-order valence-corrected chi connectivity index (χ3v) is 4.52. The Morgan fingerprint density at radius 1 is 1.15 bits per heavy atom. The van der Waals surface area contributed by atoms with E-state index in [4.69, 9.17) is 0 Å². The number of hydrogen-bond donors (Lipinski definition) is 1. The van der Waals surface area contributed by atoms with Crippen LogP contribution in [0.5, 0.6) is 0 Å². The number of quaternary nitrogens is 1. The van der Waals surface area contributed by atoms with Crippen molar-refractivity contribution in [2.75, 3.05) is 26.2 Å². The second-order valence-corrected chi connectivity index (χ2v) is 5.71. The van der Waals surface area contributed by atoms with Gasteiger partial charge < -0.3 is 9.80 Å². The Bertz CT molecular complexity index is 406. The lowest BCUT2D eigenvalue weighted by Gasteiger charge is -2.36. The van der Waals surface area contributed by atoms with Crippen molar-refractivity contribution in [1.82, 2.24) is 4.90 Å². The van der Waals surface area contributed by atoms with Crippen molar-refractivity contribution >= 4 is 5.91 Å². The van der Waals surface area contributed by atoms with E-state index in [0.717, 1.165) is 37.8 Å². The molecular weight excluding hydrogens is 248 g/mol. The molecule has 0 atom stereocenters. The van der Waals surface area contributed by atoms with Crippen LogP contribution in [0.25, 0.3) is 0 Å². The highest BCUT2D eigenvalue weighted by atomic mass is 16.2. The van der Waals surface area contributed by atoms with Crippen LogP contribution in [0.2, 0.25) is 0 Å². The van der Waals surface area contributed by atoms with E-state index in [0.29, 0.717) is 6.42 Å². The number of rotatable bonds is 5. The van der Waals surface area contributed by atoms with Crippen LogP contribution in [-0.2, 0) is 11.2 Å². The van der Waals surface area contributed by atoms with Gasteiger partial charge in [-0.05, 0) is 18.4 Å². The first-order valence-corrected chi connectivity index (χ1v) is 7.90. The maximum Gasteiger partial charge on any atom is 0.227 e. The number of benzene rings is 1. The molecule has 1 heterocycles. The molecule has 0 saturated carbocycles. The second kappa shape index (κ2) is 7.44. The topological polar surface area (TPSA) is 24.8 Å². The van der Waals surface area contributed by atoms with Crippen LogP contribution in [0.3, 0.4) is 0 Å². The summed E-state index contributed by atoms with van der Waals surface area (Å²) in [5.41, 5.74) is 1.12. The van der Waals surface area contributed by atoms with Gasteiger partial charge in [0.2, 0.25) is 5.91 Å². The molecule has 3 heteroatoms. The number of piperazine rings is 1. The fourth-order valence-corrected chi connectivity index (χ4v) is 3.20. The highest BCUT2D eigenvalue weighted by molar-refractivity contribution is 5.78. The second-order valence-electron chi connectivity index (χ2n) is 5.71. The molecule has 1 aliphatic heterocycles. The summed E-state index contributed by atoms with van der Waals surface area (Å²) in [6, 6.07) is 10.8. The van der Waals surface area contributed by atoms with E-state index in [-0.39, 0.29) is 5.91 Å². The number of carbonyl (C=O) groups is 1. The van der Waals surface area contributed by atoms with Gasteiger partial charge in [0, 0.05) is 0 Å². The van der Waals surface area contributed by atoms with Gasteiger partial charge in [0.25, 0.3) is 0 Å². The van der Waals surface area contributed by atoms with Gasteiger partial charge in [0.05, 0.1) is 38.6 Å². The van der Waals surface area contributed by atoms with E-state index < -0.39 is 0 Å². The number of carbonyl (C=O) groups excluding carboxylic acids is 1. The van der Waals surface area contributed by atoms with Crippen molar-refractivity contribution in [3.8, 4) is 0 Å². The molecule has 110 valence electrons. The Morgan fingerprint density at radius 2 is 1.75 bits per heavy atom. The summed E-state index contributed by atoms with van der Waals surface area (Å²) >= 11 is 0. The van der Waals surface area contributed by atoms with E-state index in [9.17, 15) is 4.79 Å². The predicted octanol–water partition coefficient (Wildman–Crippen LogP) is 1.14. The summed E-state index contributed by atoms with van der Waals surface area (Å²) in [6.07, 6.45) is 3.02. The van der Waals surface area contributed by atoms with Crippen molar-refractivity contribution < 1.29 is 9.69 Å². The van der Waals surface area contributed by atoms with Crippen LogP contribution < -0.4 is 4.90 Å². The van der Waals surface area contributed by atoms with Crippen LogP contribution >= 0.6 is 0 Å². The molecule has 0 unspecified atom stereocenters. The Morgan fingerprint density at radius 3 is 2.30 bits per heavy atom. The van der Waals surface area contributed by atoms with Crippen molar-refractivity contribution in [2.45, 2.75) is 39.2 Å². The van der Waals surface area contributed by atoms with Gasteiger partial charge in [-0.2, -0.15) is 0 Å². The molecule has 0 radical (unpaired) electrons. The molecule has 3 nitrogen and oxygen atoms in total. The van der Waals surface area contributed by atoms with E-state index in [1.165, 1.54) is 12.8 Å². The van der Waals surface area contributed by atoms with Crippen molar-refractivity contribution in [1.29, 1.82) is 0 Å². The molecule has 1 aromatic rings. The normalized spacial score (nSPS) is 16.6. The molecule has 1 N–H and O–H groups in total. The average molecular weight is 275 g/mol. The molecule has 0 aromatic heterocycles. The standard InChI is InChI=1S/C17H26N2O/c1-3-16(4-2)18-10-12-19(13-11-18)17(20)14-15-8-6-5-7-9-15/h5-9,16H,3-4,10-14H2,1-2H3/p+1. The summed E-state index contributed by atoms with van der Waals surface area (Å²) in [7, 11) is 0. The SMILES string of the molecule is CCC(CC)[NH+]1CCN(C(=O)Cc2ccccc2)CC1. The molecule has 1 amide bonds. The quantitative estimate of drug-likeness (QED) is 0.856. The molecule has 2 rings (SSSR count).